The van der Waals surface area contributed by atoms with Gasteiger partial charge in [0.05, 0.1) is 17.7 Å². The molecule has 2 atom stereocenters. The molecule has 2 aliphatic rings. The Bertz CT molecular complexity index is 1750. The van der Waals surface area contributed by atoms with E-state index in [0.29, 0.717) is 24.9 Å². The van der Waals surface area contributed by atoms with Crippen molar-refractivity contribution in [1.29, 1.82) is 5.26 Å². The maximum Gasteiger partial charge on any atom is 0.222 e. The number of benzene rings is 4. The van der Waals surface area contributed by atoms with E-state index < -0.39 is 0 Å². The fourth-order valence-corrected chi connectivity index (χ4v) is 6.91. The number of ketones is 1. The molecule has 2 unspecified atom stereocenters. The number of fused-ring (bicyclic) bond motifs is 1. The first-order valence-electron chi connectivity index (χ1n) is 16.0. The lowest BCUT2D eigenvalue weighted by atomic mass is 9.90. The van der Waals surface area contributed by atoms with Crippen LogP contribution >= 0.6 is 0 Å². The zero-order chi connectivity index (χ0) is 31.3. The number of carbonyl (C=O) groups is 2. The van der Waals surface area contributed by atoms with Crippen LogP contribution in [0.1, 0.15) is 71.8 Å². The Morgan fingerprint density at radius 1 is 0.889 bits per heavy atom. The lowest BCUT2D eigenvalue weighted by Gasteiger charge is -2.42. The zero-order valence-corrected chi connectivity index (χ0v) is 26.1. The number of anilines is 1. The third-order valence-electron chi connectivity index (χ3n) is 9.31. The summed E-state index contributed by atoms with van der Waals surface area (Å²) >= 11 is 0. The topological polar surface area (TPSA) is 64.4 Å². The second kappa shape index (κ2) is 13.4. The first kappa shape index (κ1) is 30.1. The highest BCUT2D eigenvalue weighted by molar-refractivity contribution is 6.04. The molecule has 45 heavy (non-hydrogen) atoms. The van der Waals surface area contributed by atoms with Crippen molar-refractivity contribution in [2.75, 3.05) is 24.5 Å². The van der Waals surface area contributed by atoms with Crippen LogP contribution in [0, 0.1) is 17.2 Å². The van der Waals surface area contributed by atoms with Gasteiger partial charge < -0.3 is 9.80 Å². The summed E-state index contributed by atoms with van der Waals surface area (Å²) in [5.74, 6) is 0.547. The quantitative estimate of drug-likeness (QED) is 0.216. The second-order valence-electron chi connectivity index (χ2n) is 12.2. The highest BCUT2D eigenvalue weighted by atomic mass is 16.2. The largest absolute Gasteiger partial charge is 0.367 e. The molecule has 4 aromatic carbocycles. The molecule has 1 saturated heterocycles. The lowest BCUT2D eigenvalue weighted by Crippen LogP contribution is -2.50. The van der Waals surface area contributed by atoms with E-state index in [4.69, 9.17) is 0 Å². The van der Waals surface area contributed by atoms with Gasteiger partial charge in [0.25, 0.3) is 0 Å². The van der Waals surface area contributed by atoms with Gasteiger partial charge in [0.15, 0.2) is 5.78 Å². The van der Waals surface area contributed by atoms with Crippen LogP contribution < -0.4 is 4.90 Å². The predicted octanol–water partition coefficient (Wildman–Crippen LogP) is 8.26. The van der Waals surface area contributed by atoms with E-state index in [-0.39, 0.29) is 23.7 Å². The standard InChI is InChI=1S/C40H39N3O2/c1-3-39(45)43-23-22-42(27-37(43)33-8-5-4-6-9-33)34-20-16-29(17-21-34)12-13-31-24-28(2)40-35(10-7-11-36(40)38(44)25-31)32-18-14-30(26-41)15-19-32/h4-11,14-21,24,31,37H,3,12-13,22-23,25,27H2,1-2H3. The first-order valence-corrected chi connectivity index (χ1v) is 16.0. The van der Waals surface area contributed by atoms with E-state index in [1.165, 1.54) is 16.8 Å². The fourth-order valence-electron chi connectivity index (χ4n) is 6.91. The summed E-state index contributed by atoms with van der Waals surface area (Å²) in [5.41, 5.74) is 9.20. The van der Waals surface area contributed by atoms with Gasteiger partial charge in [0.1, 0.15) is 0 Å². The number of nitrogens with zero attached hydrogens (tertiary/aromatic N) is 3. The molecule has 4 aromatic rings. The van der Waals surface area contributed by atoms with Gasteiger partial charge >= 0.3 is 0 Å². The maximum absolute atomic E-state index is 13.5. The number of aryl methyl sites for hydroxylation is 1. The Kier molecular flexibility index (Phi) is 8.93. The van der Waals surface area contributed by atoms with Crippen LogP contribution in [0.25, 0.3) is 16.7 Å². The van der Waals surface area contributed by atoms with Crippen LogP contribution in [0.2, 0.25) is 0 Å². The van der Waals surface area contributed by atoms with Crippen molar-refractivity contribution >= 4 is 23.0 Å². The molecule has 0 radical (unpaired) electrons. The summed E-state index contributed by atoms with van der Waals surface area (Å²) in [7, 11) is 0. The predicted molar refractivity (Wildman–Crippen MR) is 181 cm³/mol. The Labute approximate surface area is 266 Å². The molecule has 6 rings (SSSR count). The number of piperazine rings is 1. The normalized spacial score (nSPS) is 18.1. The minimum absolute atomic E-state index is 0.0384. The summed E-state index contributed by atoms with van der Waals surface area (Å²) in [6, 6.07) is 35.0. The molecular weight excluding hydrogens is 554 g/mol. The number of hydrogen-bond donors (Lipinski definition) is 0. The van der Waals surface area contributed by atoms with Crippen molar-refractivity contribution in [3.63, 3.8) is 0 Å². The molecule has 0 N–H and O–H groups in total. The summed E-state index contributed by atoms with van der Waals surface area (Å²) in [6.07, 6.45) is 5.10. The number of nitriles is 1. The summed E-state index contributed by atoms with van der Waals surface area (Å²) < 4.78 is 0. The van der Waals surface area contributed by atoms with Crippen molar-refractivity contribution in [2.45, 2.75) is 45.6 Å². The molecule has 0 bridgehead atoms. The highest BCUT2D eigenvalue weighted by Gasteiger charge is 2.31. The Morgan fingerprint density at radius 2 is 1.62 bits per heavy atom. The van der Waals surface area contributed by atoms with Gasteiger partial charge in [-0.2, -0.15) is 5.26 Å². The Morgan fingerprint density at radius 3 is 2.33 bits per heavy atom. The summed E-state index contributed by atoms with van der Waals surface area (Å²) in [4.78, 5) is 30.7. The average molecular weight is 594 g/mol. The van der Waals surface area contributed by atoms with Crippen molar-refractivity contribution in [3.05, 3.63) is 131 Å². The van der Waals surface area contributed by atoms with E-state index in [0.717, 1.165) is 53.8 Å². The van der Waals surface area contributed by atoms with Crippen LogP contribution in [0.4, 0.5) is 5.69 Å². The van der Waals surface area contributed by atoms with Crippen molar-refractivity contribution < 1.29 is 9.59 Å². The smallest absolute Gasteiger partial charge is 0.222 e. The van der Waals surface area contributed by atoms with Crippen LogP contribution in [0.3, 0.4) is 0 Å². The number of carbonyl (C=O) groups excluding carboxylic acids is 2. The van der Waals surface area contributed by atoms with Gasteiger partial charge in [0.2, 0.25) is 5.91 Å². The molecule has 0 saturated carbocycles. The van der Waals surface area contributed by atoms with Gasteiger partial charge in [0, 0.05) is 43.7 Å². The van der Waals surface area contributed by atoms with E-state index in [2.05, 4.69) is 66.4 Å². The number of amides is 1. The fraction of sp³-hybridized carbons (Fsp3) is 0.275. The summed E-state index contributed by atoms with van der Waals surface area (Å²) in [6.45, 7) is 6.35. The molecule has 1 amide bonds. The molecule has 1 fully saturated rings. The number of hydrogen-bond acceptors (Lipinski definition) is 4. The van der Waals surface area contributed by atoms with Gasteiger partial charge in [-0.1, -0.05) is 85.8 Å². The molecule has 0 aromatic heterocycles. The van der Waals surface area contributed by atoms with Crippen LogP contribution in [0.15, 0.2) is 103 Å². The number of Topliss-reactive ketones (excluding diaryl/α,β-unsaturated/α-hetero) is 1. The highest BCUT2D eigenvalue weighted by Crippen LogP contribution is 2.37. The number of allylic oxidation sites excluding steroid dienone is 2. The van der Waals surface area contributed by atoms with E-state index in [1.54, 1.807) is 0 Å². The Hall–Kier alpha value is -4.95. The SMILES string of the molecule is CCC(=O)N1CCN(c2ccc(CCC3C=C(C)c4c(cccc4-c4ccc(C#N)cc4)C(=O)C3)cc2)CC1c1ccccc1. The molecule has 5 heteroatoms. The third kappa shape index (κ3) is 6.47. The van der Waals surface area contributed by atoms with Crippen molar-refractivity contribution in [3.8, 4) is 17.2 Å². The van der Waals surface area contributed by atoms with Gasteiger partial charge in [-0.15, -0.1) is 0 Å². The molecule has 1 aliphatic heterocycles. The third-order valence-corrected chi connectivity index (χ3v) is 9.31. The van der Waals surface area contributed by atoms with Crippen molar-refractivity contribution in [1.82, 2.24) is 4.90 Å². The molecular formula is C40H39N3O2. The van der Waals surface area contributed by atoms with Crippen molar-refractivity contribution in [2.24, 2.45) is 5.92 Å². The minimum atomic E-state index is 0.0384. The van der Waals surface area contributed by atoms with Crippen LogP contribution in [-0.2, 0) is 11.2 Å². The molecule has 1 heterocycles. The van der Waals surface area contributed by atoms with Gasteiger partial charge in [-0.25, -0.2) is 0 Å². The monoisotopic (exact) mass is 593 g/mol. The maximum atomic E-state index is 13.5. The molecule has 226 valence electrons. The van der Waals surface area contributed by atoms with E-state index in [9.17, 15) is 14.9 Å². The molecule has 5 nitrogen and oxygen atoms in total. The molecule has 1 aliphatic carbocycles. The zero-order valence-electron chi connectivity index (χ0n) is 26.1. The lowest BCUT2D eigenvalue weighted by molar-refractivity contribution is -0.133. The minimum Gasteiger partial charge on any atom is -0.367 e. The average Bonchev–Trinajstić information content (AvgIpc) is 3.22. The summed E-state index contributed by atoms with van der Waals surface area (Å²) in [5, 5.41) is 9.20. The van der Waals surface area contributed by atoms with E-state index >= 15 is 0 Å². The first-order chi connectivity index (χ1) is 21.9. The van der Waals surface area contributed by atoms with Gasteiger partial charge in [-0.3, -0.25) is 9.59 Å². The Balaban J connectivity index is 1.14. The van der Waals surface area contributed by atoms with Crippen LogP contribution in [0.5, 0.6) is 0 Å². The molecule has 0 spiro atoms. The van der Waals surface area contributed by atoms with E-state index in [1.807, 2.05) is 66.4 Å². The van der Waals surface area contributed by atoms with Gasteiger partial charge in [-0.05, 0) is 83.3 Å². The second-order valence-corrected chi connectivity index (χ2v) is 12.2. The van der Waals surface area contributed by atoms with Crippen LogP contribution in [-0.4, -0.2) is 36.2 Å². The number of rotatable bonds is 7.